The molecule has 0 aromatic carbocycles. The van der Waals surface area contributed by atoms with Crippen LogP contribution in [0.15, 0.2) is 27.6 Å². The highest BCUT2D eigenvalue weighted by Crippen LogP contribution is 2.16. The zero-order valence-electron chi connectivity index (χ0n) is 11.7. The average molecular weight is 273 g/mol. The van der Waals surface area contributed by atoms with E-state index in [1.54, 1.807) is 6.26 Å². The van der Waals surface area contributed by atoms with Crippen molar-refractivity contribution >= 4 is 0 Å². The molecular weight excluding hydrogens is 254 g/mol. The lowest BCUT2D eigenvalue weighted by Gasteiger charge is -2.26. The van der Waals surface area contributed by atoms with Gasteiger partial charge in [-0.3, -0.25) is 9.69 Å². The van der Waals surface area contributed by atoms with Crippen LogP contribution in [0.3, 0.4) is 0 Å². The van der Waals surface area contributed by atoms with Gasteiger partial charge in [-0.25, -0.2) is 4.98 Å². The fourth-order valence-corrected chi connectivity index (χ4v) is 2.65. The first-order valence-corrected chi connectivity index (χ1v) is 7.12. The molecule has 1 aliphatic rings. The highest BCUT2D eigenvalue weighted by Gasteiger charge is 2.21. The fourth-order valence-electron chi connectivity index (χ4n) is 2.65. The number of H-pyrrole nitrogens is 1. The molecule has 5 nitrogen and oxygen atoms in total. The Morgan fingerprint density at radius 1 is 1.50 bits per heavy atom. The van der Waals surface area contributed by atoms with Crippen LogP contribution in [0.2, 0.25) is 0 Å². The van der Waals surface area contributed by atoms with Crippen molar-refractivity contribution in [3.8, 4) is 0 Å². The highest BCUT2D eigenvalue weighted by molar-refractivity contribution is 5.21. The molecule has 0 radical (unpaired) electrons. The molecule has 0 spiro atoms. The van der Waals surface area contributed by atoms with Crippen molar-refractivity contribution in [2.75, 3.05) is 6.54 Å². The number of hydrogen-bond donors (Lipinski definition) is 1. The lowest BCUT2D eigenvalue weighted by molar-refractivity contribution is 0.222. The molecule has 0 aliphatic carbocycles. The van der Waals surface area contributed by atoms with E-state index in [9.17, 15) is 4.79 Å². The standard InChI is InChI=1S/C15H19N3O2/c1-2-4-14-16-13-6-7-18(9-11-5-3-8-20-11)10-12(13)15(19)17-14/h3,5,8H,2,4,6-7,9-10H2,1H3,(H,16,17,19). The van der Waals surface area contributed by atoms with Crippen LogP contribution in [0.1, 0.15) is 36.2 Å². The van der Waals surface area contributed by atoms with E-state index in [1.807, 2.05) is 12.1 Å². The number of nitrogens with zero attached hydrogens (tertiary/aromatic N) is 2. The van der Waals surface area contributed by atoms with Crippen molar-refractivity contribution in [2.24, 2.45) is 0 Å². The molecule has 0 bridgehead atoms. The average Bonchev–Trinajstić information content (AvgIpc) is 2.93. The number of fused-ring (bicyclic) bond motifs is 1. The second kappa shape index (κ2) is 5.63. The molecule has 20 heavy (non-hydrogen) atoms. The Morgan fingerprint density at radius 3 is 3.15 bits per heavy atom. The van der Waals surface area contributed by atoms with Crippen LogP contribution in [-0.2, 0) is 25.9 Å². The zero-order valence-corrected chi connectivity index (χ0v) is 11.7. The predicted octanol–water partition coefficient (Wildman–Crippen LogP) is 1.87. The first kappa shape index (κ1) is 13.1. The summed E-state index contributed by atoms with van der Waals surface area (Å²) in [5.41, 5.74) is 1.79. The number of aryl methyl sites for hydroxylation is 1. The lowest BCUT2D eigenvalue weighted by Crippen LogP contribution is -2.35. The number of rotatable bonds is 4. The monoisotopic (exact) mass is 273 g/mol. The second-order valence-electron chi connectivity index (χ2n) is 5.23. The number of aromatic nitrogens is 2. The zero-order chi connectivity index (χ0) is 13.9. The van der Waals surface area contributed by atoms with Crippen molar-refractivity contribution in [3.05, 3.63) is 51.6 Å². The van der Waals surface area contributed by atoms with Gasteiger partial charge in [0.2, 0.25) is 0 Å². The lowest BCUT2D eigenvalue weighted by atomic mass is 10.1. The summed E-state index contributed by atoms with van der Waals surface area (Å²) in [5.74, 6) is 1.75. The molecular formula is C15H19N3O2. The third kappa shape index (κ3) is 2.67. The van der Waals surface area contributed by atoms with Crippen LogP contribution >= 0.6 is 0 Å². The third-order valence-corrected chi connectivity index (χ3v) is 3.64. The first-order valence-electron chi connectivity index (χ1n) is 7.12. The van der Waals surface area contributed by atoms with Gasteiger partial charge in [-0.05, 0) is 18.6 Å². The van der Waals surface area contributed by atoms with E-state index in [-0.39, 0.29) is 5.56 Å². The van der Waals surface area contributed by atoms with E-state index >= 15 is 0 Å². The minimum absolute atomic E-state index is 0.0163. The highest BCUT2D eigenvalue weighted by atomic mass is 16.3. The topological polar surface area (TPSA) is 62.1 Å². The van der Waals surface area contributed by atoms with Gasteiger partial charge in [0.1, 0.15) is 11.6 Å². The van der Waals surface area contributed by atoms with Gasteiger partial charge in [-0.1, -0.05) is 6.92 Å². The van der Waals surface area contributed by atoms with Gasteiger partial charge in [0, 0.05) is 25.9 Å². The molecule has 2 aromatic heterocycles. The van der Waals surface area contributed by atoms with Crippen LogP contribution in [0.5, 0.6) is 0 Å². The number of hydrogen-bond acceptors (Lipinski definition) is 4. The Labute approximate surface area is 117 Å². The van der Waals surface area contributed by atoms with Crippen molar-refractivity contribution in [3.63, 3.8) is 0 Å². The Morgan fingerprint density at radius 2 is 2.40 bits per heavy atom. The van der Waals surface area contributed by atoms with Crippen molar-refractivity contribution in [2.45, 2.75) is 39.3 Å². The summed E-state index contributed by atoms with van der Waals surface area (Å²) in [7, 11) is 0. The molecule has 106 valence electrons. The molecule has 0 atom stereocenters. The fraction of sp³-hybridized carbons (Fsp3) is 0.467. The molecule has 0 amide bonds. The van der Waals surface area contributed by atoms with Crippen LogP contribution in [-0.4, -0.2) is 21.4 Å². The summed E-state index contributed by atoms with van der Waals surface area (Å²) in [5, 5.41) is 0. The Hall–Kier alpha value is -1.88. The van der Waals surface area contributed by atoms with Crippen LogP contribution < -0.4 is 5.56 Å². The van der Waals surface area contributed by atoms with Gasteiger partial charge >= 0.3 is 0 Å². The Balaban J connectivity index is 1.79. The van der Waals surface area contributed by atoms with Gasteiger partial charge in [0.25, 0.3) is 5.56 Å². The molecule has 1 aliphatic heterocycles. The third-order valence-electron chi connectivity index (χ3n) is 3.64. The van der Waals surface area contributed by atoms with Crippen molar-refractivity contribution in [1.82, 2.24) is 14.9 Å². The van der Waals surface area contributed by atoms with E-state index in [0.29, 0.717) is 6.54 Å². The number of nitrogens with one attached hydrogen (secondary N) is 1. The summed E-state index contributed by atoms with van der Waals surface area (Å²) < 4.78 is 5.36. The second-order valence-corrected chi connectivity index (χ2v) is 5.23. The maximum Gasteiger partial charge on any atom is 0.255 e. The van der Waals surface area contributed by atoms with Gasteiger partial charge in [0.15, 0.2) is 0 Å². The van der Waals surface area contributed by atoms with Gasteiger partial charge in [-0.2, -0.15) is 0 Å². The maximum absolute atomic E-state index is 12.2. The largest absolute Gasteiger partial charge is 0.468 e. The number of furan rings is 1. The first-order chi connectivity index (χ1) is 9.76. The molecule has 1 N–H and O–H groups in total. The minimum atomic E-state index is 0.0163. The van der Waals surface area contributed by atoms with E-state index in [1.165, 1.54) is 0 Å². The molecule has 0 saturated heterocycles. The van der Waals surface area contributed by atoms with Crippen LogP contribution in [0.4, 0.5) is 0 Å². The normalized spacial score (nSPS) is 15.2. The van der Waals surface area contributed by atoms with Crippen LogP contribution in [0, 0.1) is 0 Å². The Kier molecular flexibility index (Phi) is 3.69. The molecule has 0 fully saturated rings. The summed E-state index contributed by atoms with van der Waals surface area (Å²) >= 11 is 0. The molecule has 0 saturated carbocycles. The van der Waals surface area contributed by atoms with E-state index in [2.05, 4.69) is 21.8 Å². The summed E-state index contributed by atoms with van der Waals surface area (Å²) in [4.78, 5) is 21.9. The molecule has 2 aromatic rings. The van der Waals surface area contributed by atoms with Crippen molar-refractivity contribution < 1.29 is 4.42 Å². The summed E-state index contributed by atoms with van der Waals surface area (Å²) in [6.07, 6.45) is 4.33. The minimum Gasteiger partial charge on any atom is -0.468 e. The van der Waals surface area contributed by atoms with Gasteiger partial charge in [-0.15, -0.1) is 0 Å². The van der Waals surface area contributed by atoms with E-state index in [4.69, 9.17) is 4.42 Å². The molecule has 0 unspecified atom stereocenters. The summed E-state index contributed by atoms with van der Waals surface area (Å²) in [6, 6.07) is 3.85. The van der Waals surface area contributed by atoms with Gasteiger partial charge in [0.05, 0.1) is 24.1 Å². The van der Waals surface area contributed by atoms with E-state index in [0.717, 1.165) is 55.2 Å². The Bertz CT molecular complexity index is 631. The molecule has 3 rings (SSSR count). The van der Waals surface area contributed by atoms with Gasteiger partial charge < -0.3 is 9.40 Å². The molecule has 5 heteroatoms. The predicted molar refractivity (Wildman–Crippen MR) is 75.4 cm³/mol. The van der Waals surface area contributed by atoms with E-state index < -0.39 is 0 Å². The van der Waals surface area contributed by atoms with Crippen molar-refractivity contribution in [1.29, 1.82) is 0 Å². The summed E-state index contributed by atoms with van der Waals surface area (Å²) in [6.45, 7) is 4.38. The maximum atomic E-state index is 12.2. The smallest absolute Gasteiger partial charge is 0.255 e. The quantitative estimate of drug-likeness (QED) is 0.923. The SMILES string of the molecule is CCCc1nc2c(c(=O)[nH]1)CN(Cc1ccco1)CC2. The van der Waals surface area contributed by atoms with Crippen LogP contribution in [0.25, 0.3) is 0 Å². The number of aromatic amines is 1. The molecule has 3 heterocycles.